The summed E-state index contributed by atoms with van der Waals surface area (Å²) in [5, 5.41) is 4.30. The van der Waals surface area contributed by atoms with Crippen molar-refractivity contribution in [1.29, 1.82) is 0 Å². The van der Waals surface area contributed by atoms with Crippen LogP contribution in [0.4, 0.5) is 4.39 Å². The monoisotopic (exact) mass is 395 g/mol. The van der Waals surface area contributed by atoms with E-state index in [0.717, 1.165) is 5.56 Å². The molecular weight excluding hydrogens is 373 g/mol. The Morgan fingerprint density at radius 1 is 1.14 bits per heavy atom. The van der Waals surface area contributed by atoms with Crippen LogP contribution in [0.15, 0.2) is 66.9 Å². The molecule has 0 aliphatic heterocycles. The molecule has 0 radical (unpaired) electrons. The van der Waals surface area contributed by atoms with Gasteiger partial charge in [0.1, 0.15) is 5.82 Å². The Labute approximate surface area is 168 Å². The summed E-state index contributed by atoms with van der Waals surface area (Å²) < 4.78 is 19.7. The number of hydrogen-bond acceptors (Lipinski definition) is 4. The third-order valence-corrected chi connectivity index (χ3v) is 4.48. The number of ether oxygens (including phenoxy) is 1. The van der Waals surface area contributed by atoms with Crippen LogP contribution in [-0.2, 0) is 16.1 Å². The minimum absolute atomic E-state index is 0.188. The molecule has 7 heteroatoms. The molecule has 0 aliphatic carbocycles. The molecule has 0 spiro atoms. The average Bonchev–Trinajstić information content (AvgIpc) is 3.23. The lowest BCUT2D eigenvalue weighted by molar-refractivity contribution is -0.145. The summed E-state index contributed by atoms with van der Waals surface area (Å²) in [4.78, 5) is 26.6. The minimum atomic E-state index is -0.488. The molecule has 1 aromatic heterocycles. The summed E-state index contributed by atoms with van der Waals surface area (Å²) >= 11 is 0. The van der Waals surface area contributed by atoms with Crippen molar-refractivity contribution in [2.75, 3.05) is 13.7 Å². The molecule has 1 atom stereocenters. The molecule has 1 unspecified atom stereocenters. The number of methoxy groups -OCH3 is 1. The van der Waals surface area contributed by atoms with Gasteiger partial charge in [0.25, 0.3) is 5.91 Å². The number of carbonyl (C=O) groups excluding carboxylic acids is 2. The Morgan fingerprint density at radius 3 is 2.59 bits per heavy atom. The van der Waals surface area contributed by atoms with Crippen LogP contribution < -0.4 is 0 Å². The number of carbonyl (C=O) groups is 2. The van der Waals surface area contributed by atoms with E-state index in [4.69, 9.17) is 4.74 Å². The number of esters is 1. The van der Waals surface area contributed by atoms with Crippen LogP contribution in [0.25, 0.3) is 5.69 Å². The van der Waals surface area contributed by atoms with E-state index in [-0.39, 0.29) is 29.9 Å². The first kappa shape index (κ1) is 20.3. The van der Waals surface area contributed by atoms with Gasteiger partial charge in [-0.25, -0.2) is 9.07 Å². The van der Waals surface area contributed by atoms with Crippen LogP contribution >= 0.6 is 0 Å². The molecule has 2 aromatic carbocycles. The highest BCUT2D eigenvalue weighted by atomic mass is 19.1. The first-order valence-electron chi connectivity index (χ1n) is 9.20. The second-order valence-electron chi connectivity index (χ2n) is 6.72. The van der Waals surface area contributed by atoms with Gasteiger partial charge in [-0.2, -0.15) is 5.10 Å². The Bertz CT molecular complexity index is 988. The second-order valence-corrected chi connectivity index (χ2v) is 6.72. The maximum atomic E-state index is 13.5. The van der Waals surface area contributed by atoms with E-state index in [2.05, 4.69) is 5.10 Å². The van der Waals surface area contributed by atoms with Gasteiger partial charge in [-0.15, -0.1) is 0 Å². The van der Waals surface area contributed by atoms with Gasteiger partial charge >= 0.3 is 5.97 Å². The number of hydrogen-bond donors (Lipinski definition) is 0. The maximum absolute atomic E-state index is 13.5. The molecule has 6 nitrogen and oxygen atoms in total. The van der Waals surface area contributed by atoms with Gasteiger partial charge < -0.3 is 9.64 Å². The molecule has 1 heterocycles. The minimum Gasteiger partial charge on any atom is -0.469 e. The molecule has 150 valence electrons. The van der Waals surface area contributed by atoms with Crippen LogP contribution in [0, 0.1) is 11.7 Å². The van der Waals surface area contributed by atoms with E-state index in [9.17, 15) is 14.0 Å². The van der Waals surface area contributed by atoms with Gasteiger partial charge in [-0.1, -0.05) is 43.3 Å². The third-order valence-electron chi connectivity index (χ3n) is 4.48. The average molecular weight is 395 g/mol. The van der Waals surface area contributed by atoms with E-state index in [1.54, 1.807) is 36.2 Å². The van der Waals surface area contributed by atoms with Gasteiger partial charge in [0.15, 0.2) is 5.69 Å². The zero-order valence-electron chi connectivity index (χ0n) is 16.3. The van der Waals surface area contributed by atoms with Crippen molar-refractivity contribution in [3.63, 3.8) is 0 Å². The van der Waals surface area contributed by atoms with Crippen molar-refractivity contribution in [1.82, 2.24) is 14.7 Å². The smallest absolute Gasteiger partial charge is 0.310 e. The molecule has 0 fully saturated rings. The normalized spacial score (nSPS) is 11.7. The molecule has 29 heavy (non-hydrogen) atoms. The van der Waals surface area contributed by atoms with Crippen molar-refractivity contribution in [2.45, 2.75) is 13.5 Å². The lowest BCUT2D eigenvalue weighted by atomic mass is 10.1. The van der Waals surface area contributed by atoms with E-state index >= 15 is 0 Å². The standard InChI is InChI=1S/C22H22FN3O3/c1-16(22(28)29-2)14-25(15-17-7-4-3-5-8-17)21(27)20-11-12-26(24-20)19-10-6-9-18(23)13-19/h3-13,16H,14-15H2,1-2H3. The van der Waals surface area contributed by atoms with Crippen molar-refractivity contribution in [3.8, 4) is 5.69 Å². The van der Waals surface area contributed by atoms with E-state index in [0.29, 0.717) is 12.2 Å². The highest BCUT2D eigenvalue weighted by Gasteiger charge is 2.24. The van der Waals surface area contributed by atoms with Crippen molar-refractivity contribution in [3.05, 3.63) is 83.9 Å². The van der Waals surface area contributed by atoms with Crippen LogP contribution in [0.1, 0.15) is 23.0 Å². The SMILES string of the molecule is COC(=O)C(C)CN(Cc1ccccc1)C(=O)c1ccn(-c2cccc(F)c2)n1. The third kappa shape index (κ3) is 5.07. The Hall–Kier alpha value is -3.48. The lowest BCUT2D eigenvalue weighted by Crippen LogP contribution is -2.37. The summed E-state index contributed by atoms with van der Waals surface area (Å²) in [6.07, 6.45) is 1.60. The highest BCUT2D eigenvalue weighted by Crippen LogP contribution is 2.15. The first-order valence-corrected chi connectivity index (χ1v) is 9.20. The van der Waals surface area contributed by atoms with Crippen LogP contribution in [0.3, 0.4) is 0 Å². The second kappa shape index (κ2) is 9.14. The van der Waals surface area contributed by atoms with Crippen LogP contribution in [-0.4, -0.2) is 40.2 Å². The summed E-state index contributed by atoms with van der Waals surface area (Å²) in [6, 6.07) is 17.0. The van der Waals surface area contributed by atoms with E-state index < -0.39 is 5.92 Å². The van der Waals surface area contributed by atoms with Crippen molar-refractivity contribution < 1.29 is 18.7 Å². The van der Waals surface area contributed by atoms with Crippen molar-refractivity contribution in [2.24, 2.45) is 5.92 Å². The van der Waals surface area contributed by atoms with Gasteiger partial charge in [-0.3, -0.25) is 9.59 Å². The number of amides is 1. The Kier molecular flexibility index (Phi) is 6.39. The van der Waals surface area contributed by atoms with Crippen LogP contribution in [0.5, 0.6) is 0 Å². The number of aromatic nitrogens is 2. The van der Waals surface area contributed by atoms with E-state index in [1.165, 1.54) is 23.9 Å². The predicted octanol–water partition coefficient (Wildman–Crippen LogP) is 3.46. The van der Waals surface area contributed by atoms with Crippen LogP contribution in [0.2, 0.25) is 0 Å². The fraction of sp³-hybridized carbons (Fsp3) is 0.227. The highest BCUT2D eigenvalue weighted by molar-refractivity contribution is 5.92. The Morgan fingerprint density at radius 2 is 1.90 bits per heavy atom. The first-order chi connectivity index (χ1) is 14.0. The van der Waals surface area contributed by atoms with Gasteiger partial charge in [0.05, 0.1) is 18.7 Å². The van der Waals surface area contributed by atoms with Gasteiger partial charge in [-0.05, 0) is 29.8 Å². The van der Waals surface area contributed by atoms with E-state index in [1.807, 2.05) is 30.3 Å². The summed E-state index contributed by atoms with van der Waals surface area (Å²) in [5.41, 5.74) is 1.66. The molecule has 1 amide bonds. The predicted molar refractivity (Wildman–Crippen MR) is 106 cm³/mol. The molecule has 0 saturated heterocycles. The van der Waals surface area contributed by atoms with Crippen molar-refractivity contribution >= 4 is 11.9 Å². The fourth-order valence-corrected chi connectivity index (χ4v) is 2.99. The zero-order chi connectivity index (χ0) is 20.8. The maximum Gasteiger partial charge on any atom is 0.310 e. The quantitative estimate of drug-likeness (QED) is 0.575. The fourth-order valence-electron chi connectivity index (χ4n) is 2.99. The number of nitrogens with zero attached hydrogens (tertiary/aromatic N) is 3. The molecule has 0 bridgehead atoms. The molecular formula is C22H22FN3O3. The number of benzene rings is 2. The number of halogens is 1. The Balaban J connectivity index is 1.84. The topological polar surface area (TPSA) is 64.4 Å². The molecule has 3 rings (SSSR count). The molecule has 3 aromatic rings. The summed E-state index contributed by atoms with van der Waals surface area (Å²) in [7, 11) is 1.32. The number of rotatable bonds is 7. The van der Waals surface area contributed by atoms with Gasteiger partial charge in [0.2, 0.25) is 0 Å². The molecule has 0 saturated carbocycles. The molecule has 0 N–H and O–H groups in total. The zero-order valence-corrected chi connectivity index (χ0v) is 16.3. The lowest BCUT2D eigenvalue weighted by Gasteiger charge is -2.24. The summed E-state index contributed by atoms with van der Waals surface area (Å²) in [6.45, 7) is 2.23. The molecule has 0 aliphatic rings. The van der Waals surface area contributed by atoms with Gasteiger partial charge in [0, 0.05) is 19.3 Å². The largest absolute Gasteiger partial charge is 0.469 e. The summed E-state index contributed by atoms with van der Waals surface area (Å²) in [5.74, 6) is -1.58.